The van der Waals surface area contributed by atoms with Crippen LogP contribution in [0, 0.1) is 11.6 Å². The minimum atomic E-state index is -4.96. The van der Waals surface area contributed by atoms with Gasteiger partial charge in [0.2, 0.25) is 5.02 Å². The van der Waals surface area contributed by atoms with Gasteiger partial charge in [-0.2, -0.15) is 13.2 Å². The molecule has 2 N–H and O–H groups in total. The summed E-state index contributed by atoms with van der Waals surface area (Å²) in [6.07, 6.45) is -4.96. The average Bonchev–Trinajstić information content (AvgIpc) is 2.25. The molecular formula is C10H8ClF3NO3+. The molecule has 1 aromatic carbocycles. The van der Waals surface area contributed by atoms with Crippen molar-refractivity contribution in [3.63, 3.8) is 0 Å². The van der Waals surface area contributed by atoms with Crippen molar-refractivity contribution in [3.05, 3.63) is 34.3 Å². The summed E-state index contributed by atoms with van der Waals surface area (Å²) in [7, 11) is 0. The molecule has 0 atom stereocenters. The summed E-state index contributed by atoms with van der Waals surface area (Å²) in [4.78, 5) is 21.3. The van der Waals surface area contributed by atoms with E-state index >= 15 is 0 Å². The number of carbonyl (C=O) groups is 2. The number of alkyl halides is 3. The summed E-state index contributed by atoms with van der Waals surface area (Å²) in [5.74, 6) is -3.36. The Labute approximate surface area is 104 Å². The number of carbonyl (C=O) groups excluding carboxylic acids is 1. The van der Waals surface area contributed by atoms with E-state index in [1.807, 2.05) is 0 Å². The van der Waals surface area contributed by atoms with Crippen molar-refractivity contribution < 1.29 is 39.5 Å². The quantitative estimate of drug-likeness (QED) is 0.877. The topological polar surface area (TPSA) is 66.4 Å². The minimum Gasteiger partial charge on any atom is -0.477 e. The van der Waals surface area contributed by atoms with Crippen LogP contribution in [0.1, 0.15) is 15.9 Å². The van der Waals surface area contributed by atoms with Crippen LogP contribution in [-0.4, -0.2) is 23.2 Å². The highest BCUT2D eigenvalue weighted by Crippen LogP contribution is 2.16. The number of hydrogen-bond donors (Lipinski definition) is 2. The molecule has 0 saturated carbocycles. The molecule has 0 heterocycles. The average molecular weight is 283 g/mol. The van der Waals surface area contributed by atoms with Gasteiger partial charge in [0.25, 0.3) is 0 Å². The lowest BCUT2D eigenvalue weighted by atomic mass is 10.1. The van der Waals surface area contributed by atoms with Gasteiger partial charge in [-0.15, -0.1) is 0 Å². The summed E-state index contributed by atoms with van der Waals surface area (Å²) < 4.78 is 35.7. The van der Waals surface area contributed by atoms with Gasteiger partial charge in [-0.3, -0.25) is 4.79 Å². The summed E-state index contributed by atoms with van der Waals surface area (Å²) >= 11 is 4.73. The second-order valence-electron chi connectivity index (χ2n) is 3.32. The van der Waals surface area contributed by atoms with Crippen molar-refractivity contribution in [1.29, 1.82) is 0 Å². The SMILES string of the molecule is O=C(O)c1cc(CNC(=O)C(F)(F)F)ccc1[ClH+]. The van der Waals surface area contributed by atoms with Crippen LogP contribution in [0.25, 0.3) is 0 Å². The third-order valence-electron chi connectivity index (χ3n) is 1.98. The van der Waals surface area contributed by atoms with Crippen molar-refractivity contribution in [2.45, 2.75) is 12.7 Å². The maximum absolute atomic E-state index is 11.9. The Kier molecular flexibility index (Phi) is 4.18. The number of rotatable bonds is 3. The van der Waals surface area contributed by atoms with E-state index in [0.29, 0.717) is 0 Å². The predicted octanol–water partition coefficient (Wildman–Crippen LogP) is 1.26. The molecule has 0 aliphatic carbocycles. The molecule has 0 aromatic heterocycles. The first-order valence-corrected chi connectivity index (χ1v) is 5.01. The largest absolute Gasteiger partial charge is 0.477 e. The fraction of sp³-hybridized carbons (Fsp3) is 0.200. The van der Waals surface area contributed by atoms with Crippen LogP contribution in [0.15, 0.2) is 18.2 Å². The molecule has 4 nitrogen and oxygen atoms in total. The van der Waals surface area contributed by atoms with Gasteiger partial charge >= 0.3 is 18.1 Å². The van der Waals surface area contributed by atoms with E-state index in [2.05, 4.69) is 0 Å². The molecule has 0 bridgehead atoms. The van der Waals surface area contributed by atoms with Crippen molar-refractivity contribution in [1.82, 2.24) is 5.32 Å². The van der Waals surface area contributed by atoms with Crippen molar-refractivity contribution in [2.75, 3.05) is 0 Å². The Morgan fingerprint density at radius 1 is 1.33 bits per heavy atom. The van der Waals surface area contributed by atoms with E-state index in [1.54, 1.807) is 5.32 Å². The second kappa shape index (κ2) is 5.26. The standard InChI is InChI=1S/C10H7ClF3NO3/c11-7-2-1-5(3-6(7)8(16)17)4-15-9(18)10(12,13)14/h1-3,11H,4H2,(H-,15,16,17,18)/p+1. The third kappa shape index (κ3) is 3.63. The normalized spacial score (nSPS) is 11.1. The predicted molar refractivity (Wildman–Crippen MR) is 51.9 cm³/mol. The number of halogens is 4. The van der Waals surface area contributed by atoms with Gasteiger partial charge in [-0.25, -0.2) is 4.79 Å². The van der Waals surface area contributed by atoms with Gasteiger partial charge in [0.1, 0.15) is 5.56 Å². The zero-order chi connectivity index (χ0) is 13.9. The fourth-order valence-corrected chi connectivity index (χ4v) is 1.35. The van der Waals surface area contributed by atoms with Gasteiger partial charge in [0.05, 0.1) is 0 Å². The lowest BCUT2D eigenvalue weighted by Gasteiger charge is -2.08. The third-order valence-corrected chi connectivity index (χ3v) is 2.34. The smallest absolute Gasteiger partial charge is 0.471 e. The highest BCUT2D eigenvalue weighted by Gasteiger charge is 2.38. The molecule has 8 heteroatoms. The Hall–Kier alpha value is -1.76. The van der Waals surface area contributed by atoms with Crippen molar-refractivity contribution in [3.8, 4) is 0 Å². The lowest BCUT2D eigenvalue weighted by molar-refractivity contribution is -0.289. The number of aromatic carboxylic acids is 1. The number of amides is 1. The van der Waals surface area contributed by atoms with E-state index in [9.17, 15) is 22.8 Å². The summed E-state index contributed by atoms with van der Waals surface area (Å²) in [6.45, 7) is -0.422. The van der Waals surface area contributed by atoms with Crippen LogP contribution in [0.4, 0.5) is 13.2 Å². The number of nitrogens with one attached hydrogen (secondary N) is 1. The highest BCUT2D eigenvalue weighted by atomic mass is 35.5. The maximum atomic E-state index is 11.9. The number of carboxylic acids is 1. The molecule has 0 unspecified atom stereocenters. The lowest BCUT2D eigenvalue weighted by Crippen LogP contribution is -2.36. The fourth-order valence-electron chi connectivity index (χ4n) is 1.14. The molecule has 98 valence electrons. The molecule has 0 radical (unpaired) electrons. The van der Waals surface area contributed by atoms with E-state index in [-0.39, 0.29) is 16.1 Å². The molecule has 18 heavy (non-hydrogen) atoms. The van der Waals surface area contributed by atoms with Crippen LogP contribution in [0.3, 0.4) is 0 Å². The Balaban J connectivity index is 2.78. The molecular weight excluding hydrogens is 275 g/mol. The van der Waals surface area contributed by atoms with E-state index < -0.39 is 24.6 Å². The molecule has 0 aliphatic rings. The zero-order valence-corrected chi connectivity index (χ0v) is 9.56. The van der Waals surface area contributed by atoms with Crippen LogP contribution in [0.2, 0.25) is 5.02 Å². The van der Waals surface area contributed by atoms with Gasteiger partial charge in [0, 0.05) is 12.6 Å². The van der Waals surface area contributed by atoms with Gasteiger partial charge in [-0.1, -0.05) is 6.07 Å². The summed E-state index contributed by atoms with van der Waals surface area (Å²) in [5, 5.41) is 10.5. The summed E-state index contributed by atoms with van der Waals surface area (Å²) in [6, 6.07) is 3.76. The maximum Gasteiger partial charge on any atom is 0.471 e. The van der Waals surface area contributed by atoms with Gasteiger partial charge < -0.3 is 10.4 Å². The highest BCUT2D eigenvalue weighted by molar-refractivity contribution is 5.89. The molecule has 1 aromatic rings. The van der Waals surface area contributed by atoms with E-state index in [4.69, 9.17) is 16.7 Å². The van der Waals surface area contributed by atoms with E-state index in [0.717, 1.165) is 6.07 Å². The van der Waals surface area contributed by atoms with Crippen LogP contribution >= 0.6 is 0 Å². The van der Waals surface area contributed by atoms with Crippen LogP contribution in [0.5, 0.6) is 0 Å². The molecule has 0 saturated heterocycles. The number of hydrogen-bond acceptors (Lipinski definition) is 2. The first-order chi connectivity index (χ1) is 8.21. The van der Waals surface area contributed by atoms with Crippen LogP contribution in [-0.2, 0) is 11.3 Å². The van der Waals surface area contributed by atoms with E-state index in [1.165, 1.54) is 12.1 Å². The second-order valence-corrected chi connectivity index (χ2v) is 3.76. The first kappa shape index (κ1) is 14.3. The summed E-state index contributed by atoms with van der Waals surface area (Å²) in [5.41, 5.74) is 0.0300. The number of benzene rings is 1. The van der Waals surface area contributed by atoms with Crippen LogP contribution < -0.4 is 5.32 Å². The molecule has 1 amide bonds. The molecule has 0 spiro atoms. The molecule has 1 rings (SSSR count). The van der Waals surface area contributed by atoms with Gasteiger partial charge in [-0.05, 0) is 11.6 Å². The first-order valence-electron chi connectivity index (χ1n) is 4.60. The van der Waals surface area contributed by atoms with Gasteiger partial charge in [0.15, 0.2) is 11.6 Å². The minimum absolute atomic E-state index is 0.0772. The molecule has 0 aliphatic heterocycles. The Morgan fingerprint density at radius 2 is 1.94 bits per heavy atom. The zero-order valence-electron chi connectivity index (χ0n) is 8.75. The Bertz CT molecular complexity index is 488. The van der Waals surface area contributed by atoms with Crippen molar-refractivity contribution in [2.24, 2.45) is 0 Å². The number of carboxylic acid groups (broad SMARTS) is 1. The Morgan fingerprint density at radius 3 is 2.44 bits per heavy atom. The monoisotopic (exact) mass is 282 g/mol. The molecule has 0 fully saturated rings. The van der Waals surface area contributed by atoms with Crippen molar-refractivity contribution >= 4 is 11.9 Å².